The zero-order chi connectivity index (χ0) is 17.0. The van der Waals surface area contributed by atoms with Gasteiger partial charge >= 0.3 is 0 Å². The van der Waals surface area contributed by atoms with Gasteiger partial charge in [-0.3, -0.25) is 4.79 Å². The maximum Gasteiger partial charge on any atom is 0.241 e. The van der Waals surface area contributed by atoms with Crippen LogP contribution in [-0.4, -0.2) is 42.9 Å². The predicted octanol–water partition coefficient (Wildman–Crippen LogP) is 2.40. The van der Waals surface area contributed by atoms with E-state index in [1.807, 2.05) is 31.2 Å². The summed E-state index contributed by atoms with van der Waals surface area (Å²) in [6.45, 7) is 6.00. The molecule has 0 bridgehead atoms. The average Bonchev–Trinajstić information content (AvgIpc) is 3.36. The summed E-state index contributed by atoms with van der Waals surface area (Å²) in [5, 5.41) is -0.983. The summed E-state index contributed by atoms with van der Waals surface area (Å²) in [7, 11) is -3.37. The normalized spacial score (nSPS) is 16.0. The summed E-state index contributed by atoms with van der Waals surface area (Å²) >= 11 is 0. The quantitative estimate of drug-likeness (QED) is 0.729. The highest BCUT2D eigenvalue weighted by Crippen LogP contribution is 2.30. The number of nitrogens with zero attached hydrogens (tertiary/aromatic N) is 1. The van der Waals surface area contributed by atoms with Crippen LogP contribution in [0.5, 0.6) is 5.75 Å². The zero-order valence-corrected chi connectivity index (χ0v) is 14.8. The van der Waals surface area contributed by atoms with Gasteiger partial charge in [0.1, 0.15) is 11.0 Å². The van der Waals surface area contributed by atoms with Gasteiger partial charge in [0.15, 0.2) is 9.84 Å². The molecule has 0 N–H and O–H groups in total. The molecule has 23 heavy (non-hydrogen) atoms. The first-order valence-corrected chi connectivity index (χ1v) is 9.84. The molecule has 1 aliphatic carbocycles. The van der Waals surface area contributed by atoms with E-state index in [0.717, 1.165) is 24.2 Å². The Labute approximate surface area is 138 Å². The fraction of sp³-hybridized carbons (Fsp3) is 0.588. The van der Waals surface area contributed by atoms with Crippen molar-refractivity contribution in [2.75, 3.05) is 12.4 Å². The van der Waals surface area contributed by atoms with Crippen molar-refractivity contribution < 1.29 is 17.9 Å². The minimum absolute atomic E-state index is 0.0156. The number of amides is 1. The Kier molecular flexibility index (Phi) is 5.68. The summed E-state index contributed by atoms with van der Waals surface area (Å²) in [5.41, 5.74) is 0.956. The van der Waals surface area contributed by atoms with Gasteiger partial charge in [0.2, 0.25) is 5.91 Å². The van der Waals surface area contributed by atoms with Crippen molar-refractivity contribution in [1.82, 2.24) is 4.90 Å². The van der Waals surface area contributed by atoms with Crippen LogP contribution in [0.25, 0.3) is 0 Å². The van der Waals surface area contributed by atoms with Crippen molar-refractivity contribution in [3.05, 3.63) is 29.8 Å². The van der Waals surface area contributed by atoms with E-state index < -0.39 is 15.1 Å². The van der Waals surface area contributed by atoms with E-state index in [0.29, 0.717) is 13.2 Å². The Morgan fingerprint density at radius 3 is 2.61 bits per heavy atom. The van der Waals surface area contributed by atoms with Crippen LogP contribution in [0.2, 0.25) is 0 Å². The van der Waals surface area contributed by atoms with Gasteiger partial charge in [0.05, 0.1) is 6.61 Å². The molecule has 2 rings (SSSR count). The molecule has 1 atom stereocenters. The van der Waals surface area contributed by atoms with Crippen molar-refractivity contribution in [2.24, 2.45) is 0 Å². The summed E-state index contributed by atoms with van der Waals surface area (Å²) in [6, 6.07) is 7.77. The summed E-state index contributed by atoms with van der Waals surface area (Å²) in [4.78, 5) is 14.4. The van der Waals surface area contributed by atoms with E-state index in [4.69, 9.17) is 4.74 Å². The second-order valence-electron chi connectivity index (χ2n) is 5.87. The van der Waals surface area contributed by atoms with Gasteiger partial charge in [-0.1, -0.05) is 19.1 Å². The molecule has 0 spiro atoms. The third-order valence-corrected chi connectivity index (χ3v) is 6.21. The van der Waals surface area contributed by atoms with E-state index in [2.05, 4.69) is 0 Å². The predicted molar refractivity (Wildman–Crippen MR) is 90.1 cm³/mol. The van der Waals surface area contributed by atoms with Crippen LogP contribution in [0, 0.1) is 0 Å². The van der Waals surface area contributed by atoms with Gasteiger partial charge in [-0.05, 0) is 44.4 Å². The topological polar surface area (TPSA) is 63.7 Å². The van der Waals surface area contributed by atoms with Crippen LogP contribution in [0.15, 0.2) is 24.3 Å². The van der Waals surface area contributed by atoms with E-state index in [1.165, 1.54) is 6.92 Å². The highest BCUT2D eigenvalue weighted by Gasteiger charge is 2.38. The first kappa shape index (κ1) is 17.8. The number of benzene rings is 1. The third-order valence-electron chi connectivity index (χ3n) is 4.12. The minimum Gasteiger partial charge on any atom is -0.494 e. The zero-order valence-electron chi connectivity index (χ0n) is 14.0. The number of hydrogen-bond acceptors (Lipinski definition) is 4. The molecule has 5 nitrogen and oxygen atoms in total. The Morgan fingerprint density at radius 1 is 1.35 bits per heavy atom. The molecule has 0 radical (unpaired) electrons. The number of ether oxygens (including phenoxy) is 1. The van der Waals surface area contributed by atoms with Crippen molar-refractivity contribution >= 4 is 15.7 Å². The molecule has 0 saturated heterocycles. The van der Waals surface area contributed by atoms with E-state index >= 15 is 0 Å². The second kappa shape index (κ2) is 7.34. The lowest BCUT2D eigenvalue weighted by Crippen LogP contribution is -2.42. The fourth-order valence-electron chi connectivity index (χ4n) is 2.51. The minimum atomic E-state index is -3.37. The van der Waals surface area contributed by atoms with Gasteiger partial charge in [-0.15, -0.1) is 0 Å². The van der Waals surface area contributed by atoms with Crippen LogP contribution in [0.4, 0.5) is 0 Å². The van der Waals surface area contributed by atoms with Crippen molar-refractivity contribution in [1.29, 1.82) is 0 Å². The van der Waals surface area contributed by atoms with Crippen molar-refractivity contribution in [3.8, 4) is 5.75 Å². The highest BCUT2D eigenvalue weighted by molar-refractivity contribution is 7.92. The Bertz CT molecular complexity index is 652. The van der Waals surface area contributed by atoms with Crippen LogP contribution in [0.3, 0.4) is 0 Å². The summed E-state index contributed by atoms with van der Waals surface area (Å²) in [5.74, 6) is 0.455. The SMILES string of the molecule is CCOc1cccc(CN(C(=O)[C@H](C)S(=O)(=O)CC)C2CC2)c1. The van der Waals surface area contributed by atoms with Gasteiger partial charge in [-0.25, -0.2) is 8.42 Å². The standard InChI is InChI=1S/C17H25NO4S/c1-4-22-16-8-6-7-14(11-16)12-18(15-9-10-15)17(19)13(3)23(20,21)5-2/h6-8,11,13,15H,4-5,9-10,12H2,1-3H3/t13-/m0/s1. The van der Waals surface area contributed by atoms with Crippen LogP contribution in [-0.2, 0) is 21.2 Å². The molecule has 1 aliphatic rings. The number of hydrogen-bond donors (Lipinski definition) is 0. The molecule has 1 aromatic carbocycles. The molecule has 0 heterocycles. The first-order chi connectivity index (χ1) is 10.9. The molecule has 1 fully saturated rings. The van der Waals surface area contributed by atoms with Crippen LogP contribution < -0.4 is 4.74 Å². The second-order valence-corrected chi connectivity index (χ2v) is 8.48. The molecule has 0 aromatic heterocycles. The molecular weight excluding hydrogens is 314 g/mol. The van der Waals surface area contributed by atoms with E-state index in [1.54, 1.807) is 11.8 Å². The lowest BCUT2D eigenvalue weighted by atomic mass is 10.2. The molecule has 6 heteroatoms. The third kappa shape index (κ3) is 4.47. The molecule has 0 aliphatic heterocycles. The maximum absolute atomic E-state index is 12.7. The molecule has 1 aromatic rings. The number of carbonyl (C=O) groups is 1. The van der Waals surface area contributed by atoms with Gasteiger partial charge in [0.25, 0.3) is 0 Å². The smallest absolute Gasteiger partial charge is 0.241 e. The number of sulfone groups is 1. The van der Waals surface area contributed by atoms with Gasteiger partial charge in [0, 0.05) is 18.3 Å². The van der Waals surface area contributed by atoms with Gasteiger partial charge < -0.3 is 9.64 Å². The Hall–Kier alpha value is -1.56. The average molecular weight is 339 g/mol. The molecule has 1 saturated carbocycles. The summed E-state index contributed by atoms with van der Waals surface area (Å²) < 4.78 is 29.5. The largest absolute Gasteiger partial charge is 0.494 e. The monoisotopic (exact) mass is 339 g/mol. The van der Waals surface area contributed by atoms with E-state index in [9.17, 15) is 13.2 Å². The van der Waals surface area contributed by atoms with Crippen molar-refractivity contribution in [3.63, 3.8) is 0 Å². The maximum atomic E-state index is 12.7. The van der Waals surface area contributed by atoms with Crippen LogP contribution >= 0.6 is 0 Å². The lowest BCUT2D eigenvalue weighted by molar-refractivity contribution is -0.131. The Morgan fingerprint density at radius 2 is 2.04 bits per heavy atom. The van der Waals surface area contributed by atoms with Crippen LogP contribution in [0.1, 0.15) is 39.2 Å². The van der Waals surface area contributed by atoms with Gasteiger partial charge in [-0.2, -0.15) is 0 Å². The number of rotatable bonds is 8. The summed E-state index contributed by atoms with van der Waals surface area (Å²) in [6.07, 6.45) is 1.88. The highest BCUT2D eigenvalue weighted by atomic mass is 32.2. The fourth-order valence-corrected chi connectivity index (χ4v) is 3.45. The number of carbonyl (C=O) groups excluding carboxylic acids is 1. The first-order valence-electron chi connectivity index (χ1n) is 8.12. The molecule has 128 valence electrons. The molecular formula is C17H25NO4S. The molecule has 0 unspecified atom stereocenters. The Balaban J connectivity index is 2.16. The van der Waals surface area contributed by atoms with Crippen molar-refractivity contribution in [2.45, 2.75) is 51.4 Å². The lowest BCUT2D eigenvalue weighted by Gasteiger charge is -2.26. The molecule has 1 amide bonds. The van der Waals surface area contributed by atoms with E-state index in [-0.39, 0.29) is 17.7 Å².